The molecule has 1 fully saturated rings. The van der Waals surface area contributed by atoms with E-state index in [0.29, 0.717) is 0 Å². The second-order valence-electron chi connectivity index (χ2n) is 5.02. The minimum absolute atomic E-state index is 0.0712. The largest absolute Gasteiger partial charge is 0.484 e. The first-order chi connectivity index (χ1) is 9.16. The lowest BCUT2D eigenvalue weighted by Crippen LogP contribution is -2.37. The highest BCUT2D eigenvalue weighted by molar-refractivity contribution is 5.77. The molecule has 0 saturated carbocycles. The Bertz CT molecular complexity index is 438. The van der Waals surface area contributed by atoms with Gasteiger partial charge in [-0.3, -0.25) is 4.79 Å². The van der Waals surface area contributed by atoms with E-state index in [1.165, 1.54) is 11.1 Å². The third kappa shape index (κ3) is 3.96. The quantitative estimate of drug-likeness (QED) is 0.897. The summed E-state index contributed by atoms with van der Waals surface area (Å²) in [5.74, 6) is 0.839. The van der Waals surface area contributed by atoms with Crippen molar-refractivity contribution in [2.75, 3.05) is 32.8 Å². The lowest BCUT2D eigenvalue weighted by Gasteiger charge is -2.20. The molecule has 1 aromatic rings. The zero-order valence-electron chi connectivity index (χ0n) is 11.7. The summed E-state index contributed by atoms with van der Waals surface area (Å²) in [5.41, 5.74) is 2.42. The van der Waals surface area contributed by atoms with Gasteiger partial charge < -0.3 is 15.0 Å². The monoisotopic (exact) mass is 262 g/mol. The Morgan fingerprint density at radius 3 is 2.89 bits per heavy atom. The molecule has 4 nitrogen and oxygen atoms in total. The predicted octanol–water partition coefficient (Wildman–Crippen LogP) is 1.50. The molecule has 1 saturated heterocycles. The van der Waals surface area contributed by atoms with E-state index in [0.717, 1.165) is 38.3 Å². The molecule has 0 bridgehead atoms. The van der Waals surface area contributed by atoms with E-state index in [9.17, 15) is 4.79 Å². The number of hydrogen-bond donors (Lipinski definition) is 1. The molecule has 0 aromatic heterocycles. The van der Waals surface area contributed by atoms with Crippen LogP contribution in [0.2, 0.25) is 0 Å². The van der Waals surface area contributed by atoms with Crippen LogP contribution in [0.3, 0.4) is 0 Å². The minimum Gasteiger partial charge on any atom is -0.484 e. The summed E-state index contributed by atoms with van der Waals surface area (Å²) in [6.45, 7) is 7.69. The average molecular weight is 262 g/mol. The third-order valence-electron chi connectivity index (χ3n) is 3.53. The predicted molar refractivity (Wildman–Crippen MR) is 75.5 cm³/mol. The molecule has 2 rings (SSSR count). The van der Waals surface area contributed by atoms with E-state index in [1.54, 1.807) is 0 Å². The Morgan fingerprint density at radius 1 is 1.26 bits per heavy atom. The Hall–Kier alpha value is -1.55. The Morgan fingerprint density at radius 2 is 2.11 bits per heavy atom. The molecule has 1 amide bonds. The maximum absolute atomic E-state index is 12.0. The molecule has 0 spiro atoms. The lowest BCUT2D eigenvalue weighted by atomic mass is 10.1. The molecule has 1 aromatic carbocycles. The first-order valence-electron chi connectivity index (χ1n) is 6.85. The molecule has 1 heterocycles. The van der Waals surface area contributed by atoms with Gasteiger partial charge in [0.25, 0.3) is 5.91 Å². The van der Waals surface area contributed by atoms with E-state index in [2.05, 4.69) is 12.2 Å². The van der Waals surface area contributed by atoms with Crippen LogP contribution in [0.1, 0.15) is 17.5 Å². The highest BCUT2D eigenvalue weighted by atomic mass is 16.5. The van der Waals surface area contributed by atoms with E-state index in [-0.39, 0.29) is 12.5 Å². The summed E-state index contributed by atoms with van der Waals surface area (Å²) < 4.78 is 5.59. The summed E-state index contributed by atoms with van der Waals surface area (Å²) in [5, 5.41) is 3.28. The summed E-state index contributed by atoms with van der Waals surface area (Å²) in [7, 11) is 0. The van der Waals surface area contributed by atoms with Gasteiger partial charge >= 0.3 is 0 Å². The second kappa shape index (κ2) is 6.57. The van der Waals surface area contributed by atoms with Crippen molar-refractivity contribution in [3.05, 3.63) is 29.3 Å². The molecular weight excluding hydrogens is 240 g/mol. The van der Waals surface area contributed by atoms with Crippen molar-refractivity contribution in [2.24, 2.45) is 0 Å². The molecule has 1 aliphatic rings. The SMILES string of the molecule is Cc1ccc(OCC(=O)N2CCCNCC2)cc1C. The van der Waals surface area contributed by atoms with Gasteiger partial charge in [0.05, 0.1) is 0 Å². The Labute approximate surface area is 114 Å². The number of benzene rings is 1. The van der Waals surface area contributed by atoms with Gasteiger partial charge in [-0.2, -0.15) is 0 Å². The fourth-order valence-electron chi connectivity index (χ4n) is 2.14. The minimum atomic E-state index is 0.0712. The number of rotatable bonds is 3. The van der Waals surface area contributed by atoms with Crippen molar-refractivity contribution in [1.29, 1.82) is 0 Å². The van der Waals surface area contributed by atoms with E-state index in [1.807, 2.05) is 30.0 Å². The van der Waals surface area contributed by atoms with Crippen LogP contribution in [0.25, 0.3) is 0 Å². The van der Waals surface area contributed by atoms with Crippen LogP contribution in [0, 0.1) is 13.8 Å². The van der Waals surface area contributed by atoms with Crippen LogP contribution in [0.5, 0.6) is 5.75 Å². The molecule has 0 unspecified atom stereocenters. The van der Waals surface area contributed by atoms with Gasteiger partial charge in [-0.05, 0) is 50.1 Å². The Balaban J connectivity index is 1.86. The van der Waals surface area contributed by atoms with Crippen LogP contribution in [0.4, 0.5) is 0 Å². The van der Waals surface area contributed by atoms with Gasteiger partial charge in [-0.25, -0.2) is 0 Å². The van der Waals surface area contributed by atoms with Crippen LogP contribution >= 0.6 is 0 Å². The lowest BCUT2D eigenvalue weighted by molar-refractivity contribution is -0.133. The molecule has 0 atom stereocenters. The van der Waals surface area contributed by atoms with Crippen LogP contribution in [-0.2, 0) is 4.79 Å². The zero-order valence-corrected chi connectivity index (χ0v) is 11.7. The van der Waals surface area contributed by atoms with Crippen LogP contribution < -0.4 is 10.1 Å². The molecule has 19 heavy (non-hydrogen) atoms. The number of aryl methyl sites for hydroxylation is 2. The van der Waals surface area contributed by atoms with Crippen molar-refractivity contribution >= 4 is 5.91 Å². The normalized spacial score (nSPS) is 16.0. The third-order valence-corrected chi connectivity index (χ3v) is 3.53. The molecule has 1 aliphatic heterocycles. The molecule has 0 aliphatic carbocycles. The standard InChI is InChI=1S/C15H22N2O2/c1-12-4-5-14(10-13(12)2)19-11-15(18)17-8-3-6-16-7-9-17/h4-5,10,16H,3,6-9,11H2,1-2H3. The summed E-state index contributed by atoms with van der Waals surface area (Å²) in [4.78, 5) is 13.9. The molecule has 4 heteroatoms. The van der Waals surface area contributed by atoms with Crippen molar-refractivity contribution in [3.63, 3.8) is 0 Å². The number of nitrogens with one attached hydrogen (secondary N) is 1. The highest BCUT2D eigenvalue weighted by Gasteiger charge is 2.15. The number of hydrogen-bond acceptors (Lipinski definition) is 3. The number of carbonyl (C=O) groups is 1. The number of amides is 1. The summed E-state index contributed by atoms with van der Waals surface area (Å²) >= 11 is 0. The maximum atomic E-state index is 12.0. The van der Waals surface area contributed by atoms with Gasteiger partial charge in [-0.15, -0.1) is 0 Å². The van der Waals surface area contributed by atoms with Crippen molar-refractivity contribution in [1.82, 2.24) is 10.2 Å². The number of nitrogens with zero attached hydrogens (tertiary/aromatic N) is 1. The summed E-state index contributed by atoms with van der Waals surface area (Å²) in [6, 6.07) is 5.91. The van der Waals surface area contributed by atoms with E-state index < -0.39 is 0 Å². The summed E-state index contributed by atoms with van der Waals surface area (Å²) in [6.07, 6.45) is 1.01. The van der Waals surface area contributed by atoms with Gasteiger partial charge in [0, 0.05) is 19.6 Å². The smallest absolute Gasteiger partial charge is 0.260 e. The maximum Gasteiger partial charge on any atom is 0.260 e. The zero-order chi connectivity index (χ0) is 13.7. The van der Waals surface area contributed by atoms with Crippen LogP contribution in [0.15, 0.2) is 18.2 Å². The van der Waals surface area contributed by atoms with Crippen LogP contribution in [-0.4, -0.2) is 43.6 Å². The fourth-order valence-corrected chi connectivity index (χ4v) is 2.14. The highest BCUT2D eigenvalue weighted by Crippen LogP contribution is 2.16. The van der Waals surface area contributed by atoms with Crippen molar-refractivity contribution < 1.29 is 9.53 Å². The van der Waals surface area contributed by atoms with Gasteiger partial charge in [0.15, 0.2) is 6.61 Å². The molecule has 104 valence electrons. The van der Waals surface area contributed by atoms with Crippen molar-refractivity contribution in [3.8, 4) is 5.75 Å². The topological polar surface area (TPSA) is 41.6 Å². The van der Waals surface area contributed by atoms with Gasteiger partial charge in [0.2, 0.25) is 0 Å². The first kappa shape index (κ1) is 13.9. The molecule has 0 radical (unpaired) electrons. The number of ether oxygens (including phenoxy) is 1. The fraction of sp³-hybridized carbons (Fsp3) is 0.533. The molecular formula is C15H22N2O2. The van der Waals surface area contributed by atoms with Gasteiger partial charge in [0.1, 0.15) is 5.75 Å². The van der Waals surface area contributed by atoms with E-state index >= 15 is 0 Å². The second-order valence-corrected chi connectivity index (χ2v) is 5.02. The van der Waals surface area contributed by atoms with E-state index in [4.69, 9.17) is 4.74 Å². The van der Waals surface area contributed by atoms with Gasteiger partial charge in [-0.1, -0.05) is 6.07 Å². The Kier molecular flexibility index (Phi) is 4.80. The first-order valence-corrected chi connectivity index (χ1v) is 6.85. The average Bonchev–Trinajstić information content (AvgIpc) is 2.69. The molecule has 1 N–H and O–H groups in total. The number of carbonyl (C=O) groups excluding carboxylic acids is 1. The van der Waals surface area contributed by atoms with Crippen molar-refractivity contribution in [2.45, 2.75) is 20.3 Å².